The van der Waals surface area contributed by atoms with Crippen LogP contribution in [-0.4, -0.2) is 20.9 Å². The molecule has 0 saturated carbocycles. The molecule has 2 aromatic heterocycles. The number of carbonyl (C=O) groups is 1. The number of aromatic amines is 1. The second kappa shape index (κ2) is 6.38. The minimum atomic E-state index is -0.221. The van der Waals surface area contributed by atoms with Crippen LogP contribution < -0.4 is 5.32 Å². The van der Waals surface area contributed by atoms with Gasteiger partial charge in [0.05, 0.1) is 17.1 Å². The fraction of sp³-hybridized carbons (Fsp3) is 0.235. The number of H-pyrrole nitrogens is 1. The summed E-state index contributed by atoms with van der Waals surface area (Å²) in [5, 5.41) is 3.31. The molecular formula is C17H17ClN4O. The molecule has 0 fully saturated rings. The highest BCUT2D eigenvalue weighted by molar-refractivity contribution is 6.29. The topological polar surface area (TPSA) is 70.7 Å². The summed E-state index contributed by atoms with van der Waals surface area (Å²) in [5.41, 5.74) is 2.32. The number of carbonyl (C=O) groups excluding carboxylic acids is 1. The zero-order valence-corrected chi connectivity index (χ0v) is 13.6. The van der Waals surface area contributed by atoms with E-state index >= 15 is 0 Å². The number of nitrogens with zero attached hydrogens (tertiary/aromatic N) is 2. The molecule has 0 spiro atoms. The number of amides is 1. The molecule has 118 valence electrons. The van der Waals surface area contributed by atoms with Crippen molar-refractivity contribution in [3.05, 3.63) is 59.1 Å². The number of benzene rings is 1. The Hall–Kier alpha value is -2.40. The van der Waals surface area contributed by atoms with Gasteiger partial charge in [-0.1, -0.05) is 37.6 Å². The Kier molecular flexibility index (Phi) is 4.30. The van der Waals surface area contributed by atoms with E-state index in [1.165, 1.54) is 6.20 Å². The van der Waals surface area contributed by atoms with Gasteiger partial charge >= 0.3 is 0 Å². The average molecular weight is 329 g/mol. The van der Waals surface area contributed by atoms with Crippen LogP contribution in [0.25, 0.3) is 11.0 Å². The van der Waals surface area contributed by atoms with Crippen molar-refractivity contribution in [3.8, 4) is 0 Å². The number of pyridine rings is 1. The standard InChI is InChI=1S/C17H17ClN4O/c1-10(2)15(16-20-12-5-3-4-6-13(12)21-16)22-17(23)11-7-8-19-14(18)9-11/h3-10,15H,1-2H3,(H,20,21)(H,22,23). The van der Waals surface area contributed by atoms with Gasteiger partial charge in [0.2, 0.25) is 0 Å². The van der Waals surface area contributed by atoms with Crippen molar-refractivity contribution in [2.45, 2.75) is 19.9 Å². The van der Waals surface area contributed by atoms with Gasteiger partial charge in [0.15, 0.2) is 0 Å². The van der Waals surface area contributed by atoms with E-state index in [4.69, 9.17) is 11.6 Å². The molecule has 0 saturated heterocycles. The highest BCUT2D eigenvalue weighted by Crippen LogP contribution is 2.22. The van der Waals surface area contributed by atoms with Gasteiger partial charge in [-0.15, -0.1) is 0 Å². The molecule has 1 atom stereocenters. The Bertz CT molecular complexity index is 810. The van der Waals surface area contributed by atoms with Gasteiger partial charge in [-0.05, 0) is 30.2 Å². The zero-order valence-electron chi connectivity index (χ0n) is 12.9. The fourth-order valence-electron chi connectivity index (χ4n) is 2.44. The third-order valence-corrected chi connectivity index (χ3v) is 3.85. The van der Waals surface area contributed by atoms with Crippen LogP contribution in [0.3, 0.4) is 0 Å². The van der Waals surface area contributed by atoms with Crippen LogP contribution in [0.15, 0.2) is 42.6 Å². The van der Waals surface area contributed by atoms with Crippen LogP contribution in [0.2, 0.25) is 5.15 Å². The lowest BCUT2D eigenvalue weighted by Crippen LogP contribution is -2.32. The first-order chi connectivity index (χ1) is 11.0. The maximum atomic E-state index is 12.5. The fourth-order valence-corrected chi connectivity index (χ4v) is 2.61. The first-order valence-electron chi connectivity index (χ1n) is 7.41. The third-order valence-electron chi connectivity index (χ3n) is 3.64. The number of aromatic nitrogens is 3. The Morgan fingerprint density at radius 3 is 2.74 bits per heavy atom. The molecule has 0 aliphatic heterocycles. The summed E-state index contributed by atoms with van der Waals surface area (Å²) in [7, 11) is 0. The molecule has 3 aromatic rings. The molecule has 0 aliphatic carbocycles. The number of para-hydroxylation sites is 2. The van der Waals surface area contributed by atoms with Gasteiger partial charge in [0, 0.05) is 11.8 Å². The maximum Gasteiger partial charge on any atom is 0.252 e. The maximum absolute atomic E-state index is 12.5. The minimum absolute atomic E-state index is 0.178. The second-order valence-corrected chi connectivity index (χ2v) is 6.09. The van der Waals surface area contributed by atoms with Crippen LogP contribution in [-0.2, 0) is 0 Å². The summed E-state index contributed by atoms with van der Waals surface area (Å²) in [4.78, 5) is 24.2. The largest absolute Gasteiger partial charge is 0.342 e. The smallest absolute Gasteiger partial charge is 0.252 e. The van der Waals surface area contributed by atoms with Crippen molar-refractivity contribution >= 4 is 28.5 Å². The summed E-state index contributed by atoms with van der Waals surface area (Å²) in [5.74, 6) is 0.722. The van der Waals surface area contributed by atoms with Crippen LogP contribution in [0, 0.1) is 5.92 Å². The summed E-state index contributed by atoms with van der Waals surface area (Å²) >= 11 is 5.85. The number of fused-ring (bicyclic) bond motifs is 1. The van der Waals surface area contributed by atoms with E-state index in [0.29, 0.717) is 10.7 Å². The van der Waals surface area contributed by atoms with Crippen molar-refractivity contribution in [3.63, 3.8) is 0 Å². The third kappa shape index (κ3) is 3.35. The van der Waals surface area contributed by atoms with Gasteiger partial charge in [0.1, 0.15) is 11.0 Å². The molecule has 5 nitrogen and oxygen atoms in total. The Balaban J connectivity index is 1.88. The summed E-state index contributed by atoms with van der Waals surface area (Å²) < 4.78 is 0. The molecule has 1 aromatic carbocycles. The van der Waals surface area contributed by atoms with Gasteiger partial charge in [0.25, 0.3) is 5.91 Å². The van der Waals surface area contributed by atoms with Crippen molar-refractivity contribution in [1.82, 2.24) is 20.3 Å². The van der Waals surface area contributed by atoms with Crippen molar-refractivity contribution in [1.29, 1.82) is 0 Å². The average Bonchev–Trinajstić information content (AvgIpc) is 2.95. The van der Waals surface area contributed by atoms with Gasteiger partial charge < -0.3 is 10.3 Å². The molecular weight excluding hydrogens is 312 g/mol. The van der Waals surface area contributed by atoms with E-state index in [1.54, 1.807) is 12.1 Å². The van der Waals surface area contributed by atoms with Crippen LogP contribution in [0.4, 0.5) is 0 Å². The summed E-state index contributed by atoms with van der Waals surface area (Å²) in [6, 6.07) is 10.8. The van der Waals surface area contributed by atoms with Crippen LogP contribution in [0.1, 0.15) is 36.1 Å². The van der Waals surface area contributed by atoms with E-state index < -0.39 is 0 Å². The molecule has 0 radical (unpaired) electrons. The Labute approximate surface area is 139 Å². The Morgan fingerprint density at radius 2 is 2.04 bits per heavy atom. The normalized spacial score (nSPS) is 12.5. The molecule has 6 heteroatoms. The minimum Gasteiger partial charge on any atom is -0.342 e. The quantitative estimate of drug-likeness (QED) is 0.717. The van der Waals surface area contributed by atoms with Gasteiger partial charge in [-0.2, -0.15) is 0 Å². The number of hydrogen-bond donors (Lipinski definition) is 2. The molecule has 0 bridgehead atoms. The molecule has 0 aliphatic rings. The predicted octanol–water partition coefficient (Wildman–Crippen LogP) is 3.74. The van der Waals surface area contributed by atoms with Crippen molar-refractivity contribution in [2.24, 2.45) is 5.92 Å². The van der Waals surface area contributed by atoms with Crippen LogP contribution in [0.5, 0.6) is 0 Å². The monoisotopic (exact) mass is 328 g/mol. The lowest BCUT2D eigenvalue weighted by molar-refractivity contribution is 0.0923. The SMILES string of the molecule is CC(C)C(NC(=O)c1ccnc(Cl)c1)c1nc2ccccc2[nH]1. The van der Waals surface area contributed by atoms with E-state index in [1.807, 2.05) is 38.1 Å². The highest BCUT2D eigenvalue weighted by Gasteiger charge is 2.22. The lowest BCUT2D eigenvalue weighted by Gasteiger charge is -2.20. The molecule has 2 N–H and O–H groups in total. The highest BCUT2D eigenvalue weighted by atomic mass is 35.5. The number of halogens is 1. The van der Waals surface area contributed by atoms with Gasteiger partial charge in [-0.3, -0.25) is 4.79 Å². The van der Waals surface area contributed by atoms with Crippen LogP contribution >= 0.6 is 11.6 Å². The number of rotatable bonds is 4. The number of nitrogens with one attached hydrogen (secondary N) is 2. The summed E-state index contributed by atoms with van der Waals surface area (Å²) in [6.07, 6.45) is 1.52. The molecule has 2 heterocycles. The first-order valence-corrected chi connectivity index (χ1v) is 7.79. The number of imidazole rings is 1. The van der Waals surface area contributed by atoms with E-state index in [0.717, 1.165) is 16.9 Å². The van der Waals surface area contributed by atoms with E-state index in [9.17, 15) is 4.79 Å². The second-order valence-electron chi connectivity index (χ2n) is 5.70. The molecule has 1 amide bonds. The first kappa shape index (κ1) is 15.5. The molecule has 1 unspecified atom stereocenters. The van der Waals surface area contributed by atoms with E-state index in [-0.39, 0.29) is 17.9 Å². The summed E-state index contributed by atoms with van der Waals surface area (Å²) in [6.45, 7) is 4.08. The van der Waals surface area contributed by atoms with Crippen molar-refractivity contribution in [2.75, 3.05) is 0 Å². The zero-order chi connectivity index (χ0) is 16.4. The molecule has 23 heavy (non-hydrogen) atoms. The van der Waals surface area contributed by atoms with Crippen molar-refractivity contribution < 1.29 is 4.79 Å². The lowest BCUT2D eigenvalue weighted by atomic mass is 10.0. The van der Waals surface area contributed by atoms with E-state index in [2.05, 4.69) is 20.3 Å². The van der Waals surface area contributed by atoms with Gasteiger partial charge in [-0.25, -0.2) is 9.97 Å². The molecule has 3 rings (SSSR count). The Morgan fingerprint density at radius 1 is 1.26 bits per heavy atom. The number of hydrogen-bond acceptors (Lipinski definition) is 3. The predicted molar refractivity (Wildman–Crippen MR) is 90.4 cm³/mol.